The number of ether oxygens (including phenoxy) is 1. The fourth-order valence-corrected chi connectivity index (χ4v) is 4.52. The summed E-state index contributed by atoms with van der Waals surface area (Å²) in [4.78, 5) is 14.1. The second-order valence-electron chi connectivity index (χ2n) is 9.68. The van der Waals surface area contributed by atoms with Crippen LogP contribution in [-0.2, 0) is 5.41 Å². The van der Waals surface area contributed by atoms with Crippen molar-refractivity contribution in [3.05, 3.63) is 102 Å². The van der Waals surface area contributed by atoms with Crippen LogP contribution in [0.4, 0.5) is 17.1 Å². The summed E-state index contributed by atoms with van der Waals surface area (Å²) in [6, 6.07) is 25.5. The van der Waals surface area contributed by atoms with Gasteiger partial charge < -0.3 is 15.6 Å². The molecule has 4 rings (SSSR count). The van der Waals surface area contributed by atoms with Crippen molar-refractivity contribution in [2.75, 3.05) is 5.73 Å². The van der Waals surface area contributed by atoms with Gasteiger partial charge in [-0.25, -0.2) is 4.79 Å². The maximum Gasteiger partial charge on any atom is 0.343 e. The minimum atomic E-state index is -0.396. The van der Waals surface area contributed by atoms with Gasteiger partial charge in [-0.2, -0.15) is 0 Å². The number of anilines is 1. The average Bonchev–Trinajstić information content (AvgIpc) is 2.86. The molecule has 37 heavy (non-hydrogen) atoms. The number of azo groups is 1. The summed E-state index contributed by atoms with van der Waals surface area (Å²) in [6.07, 6.45) is 0. The van der Waals surface area contributed by atoms with E-state index in [9.17, 15) is 9.90 Å². The Morgan fingerprint density at radius 3 is 2.16 bits per heavy atom. The van der Waals surface area contributed by atoms with Crippen molar-refractivity contribution in [1.82, 2.24) is 0 Å². The number of esters is 1. The van der Waals surface area contributed by atoms with E-state index < -0.39 is 5.97 Å². The Hall–Kier alpha value is -4.10. The molecule has 0 fully saturated rings. The number of nitrogens with two attached hydrogens (primary N) is 1. The number of hydrogen-bond donors (Lipinski definition) is 2. The number of nitrogens with zero attached hydrogens (tertiary/aromatic N) is 2. The molecule has 4 aromatic carbocycles. The van der Waals surface area contributed by atoms with Gasteiger partial charge in [0.25, 0.3) is 0 Å². The lowest BCUT2D eigenvalue weighted by Gasteiger charge is -2.21. The van der Waals surface area contributed by atoms with Gasteiger partial charge in [0.1, 0.15) is 22.9 Å². The highest BCUT2D eigenvalue weighted by Crippen LogP contribution is 2.40. The highest BCUT2D eigenvalue weighted by atomic mass is 32.2. The molecule has 4 aromatic rings. The first-order chi connectivity index (χ1) is 17.6. The molecule has 0 aromatic heterocycles. The molecule has 3 N–H and O–H groups in total. The molecule has 0 atom stereocenters. The van der Waals surface area contributed by atoms with Crippen molar-refractivity contribution >= 4 is 34.8 Å². The Labute approximate surface area is 221 Å². The fourth-order valence-electron chi connectivity index (χ4n) is 3.65. The Morgan fingerprint density at radius 2 is 1.51 bits per heavy atom. The Bertz CT molecular complexity index is 1440. The van der Waals surface area contributed by atoms with Gasteiger partial charge in [0.15, 0.2) is 0 Å². The van der Waals surface area contributed by atoms with Crippen LogP contribution in [0.3, 0.4) is 0 Å². The lowest BCUT2D eigenvalue weighted by Crippen LogP contribution is -2.11. The van der Waals surface area contributed by atoms with E-state index in [1.165, 1.54) is 11.8 Å². The summed E-state index contributed by atoms with van der Waals surface area (Å²) < 4.78 is 5.44. The lowest BCUT2D eigenvalue weighted by atomic mass is 9.85. The summed E-state index contributed by atoms with van der Waals surface area (Å²) in [6.45, 7) is 8.10. The topological polar surface area (TPSA) is 97.3 Å². The van der Waals surface area contributed by atoms with E-state index in [4.69, 9.17) is 10.5 Å². The summed E-state index contributed by atoms with van der Waals surface area (Å²) in [5.41, 5.74) is 9.76. The van der Waals surface area contributed by atoms with E-state index >= 15 is 0 Å². The van der Waals surface area contributed by atoms with E-state index in [0.717, 1.165) is 20.9 Å². The number of benzene rings is 4. The van der Waals surface area contributed by atoms with Crippen molar-refractivity contribution < 1.29 is 14.6 Å². The maximum atomic E-state index is 12.2. The van der Waals surface area contributed by atoms with Crippen LogP contribution in [0.15, 0.2) is 105 Å². The molecule has 0 saturated heterocycles. The standard InChI is InChI=1S/C30H29N3O3S/c1-19-16-24(30(2,3)4)28(34)27(17-19)33-32-26-15-14-23(18-25(26)31)37-22-12-10-21(11-13-22)36-29(35)20-8-6-5-7-9-20/h5-18,34H,31H2,1-4H3. The molecule has 0 aliphatic heterocycles. The summed E-state index contributed by atoms with van der Waals surface area (Å²) in [5.74, 6) is 0.208. The smallest absolute Gasteiger partial charge is 0.343 e. The van der Waals surface area contributed by atoms with Crippen LogP contribution in [0.2, 0.25) is 0 Å². The summed E-state index contributed by atoms with van der Waals surface area (Å²) >= 11 is 1.53. The van der Waals surface area contributed by atoms with Crippen molar-refractivity contribution in [2.24, 2.45) is 10.2 Å². The van der Waals surface area contributed by atoms with E-state index in [-0.39, 0.29) is 11.2 Å². The van der Waals surface area contributed by atoms with Crippen LogP contribution in [-0.4, -0.2) is 11.1 Å². The molecule has 7 heteroatoms. The fraction of sp³-hybridized carbons (Fsp3) is 0.167. The average molecular weight is 512 g/mol. The van der Waals surface area contributed by atoms with Crippen LogP contribution < -0.4 is 10.5 Å². The summed E-state index contributed by atoms with van der Waals surface area (Å²) in [5, 5.41) is 19.3. The Morgan fingerprint density at radius 1 is 0.865 bits per heavy atom. The van der Waals surface area contributed by atoms with Crippen LogP contribution in [0, 0.1) is 6.92 Å². The Kier molecular flexibility index (Phi) is 7.64. The third-order valence-corrected chi connectivity index (χ3v) is 6.58. The molecule has 0 saturated carbocycles. The highest BCUT2D eigenvalue weighted by Gasteiger charge is 2.21. The zero-order chi connectivity index (χ0) is 26.6. The Balaban J connectivity index is 1.44. The van der Waals surface area contributed by atoms with Gasteiger partial charge in [0.05, 0.1) is 11.3 Å². The van der Waals surface area contributed by atoms with Gasteiger partial charge in [0.2, 0.25) is 0 Å². The van der Waals surface area contributed by atoms with Gasteiger partial charge in [0, 0.05) is 15.4 Å². The third-order valence-electron chi connectivity index (χ3n) is 5.59. The van der Waals surface area contributed by atoms with E-state index in [1.807, 2.05) is 64.1 Å². The number of phenols is 1. The first-order valence-electron chi connectivity index (χ1n) is 11.8. The predicted octanol–water partition coefficient (Wildman–Crippen LogP) is 8.37. The molecule has 0 aliphatic rings. The zero-order valence-electron chi connectivity index (χ0n) is 21.2. The van der Waals surface area contributed by atoms with Crippen molar-refractivity contribution in [3.63, 3.8) is 0 Å². The number of aromatic hydroxyl groups is 1. The molecule has 0 spiro atoms. The molecule has 0 heterocycles. The van der Waals surface area contributed by atoms with Crippen molar-refractivity contribution in [2.45, 2.75) is 42.9 Å². The number of phenolic OH excluding ortho intramolecular Hbond substituents is 1. The van der Waals surface area contributed by atoms with Gasteiger partial charge >= 0.3 is 5.97 Å². The van der Waals surface area contributed by atoms with Crippen LogP contribution in [0.5, 0.6) is 11.5 Å². The number of aryl methyl sites for hydroxylation is 1. The minimum Gasteiger partial charge on any atom is -0.505 e. The first-order valence-corrected chi connectivity index (χ1v) is 12.6. The molecule has 188 valence electrons. The molecule has 0 amide bonds. The van der Waals surface area contributed by atoms with Crippen molar-refractivity contribution in [1.29, 1.82) is 0 Å². The van der Waals surface area contributed by atoms with Crippen LogP contribution in [0.25, 0.3) is 0 Å². The molecule has 6 nitrogen and oxygen atoms in total. The monoisotopic (exact) mass is 511 g/mol. The number of carbonyl (C=O) groups is 1. The first kappa shape index (κ1) is 26.0. The number of carbonyl (C=O) groups excluding carboxylic acids is 1. The van der Waals surface area contributed by atoms with E-state index in [2.05, 4.69) is 10.2 Å². The SMILES string of the molecule is Cc1cc(N=Nc2ccc(Sc3ccc(OC(=O)c4ccccc4)cc3)cc2N)c(O)c(C(C)(C)C)c1. The quantitative estimate of drug-likeness (QED) is 0.117. The van der Waals surface area contributed by atoms with Crippen LogP contribution >= 0.6 is 11.8 Å². The molecule has 0 radical (unpaired) electrons. The molecule has 0 aliphatic carbocycles. The van der Waals surface area contributed by atoms with Gasteiger partial charge in [-0.15, -0.1) is 10.2 Å². The van der Waals surface area contributed by atoms with Crippen molar-refractivity contribution in [3.8, 4) is 11.5 Å². The van der Waals surface area contributed by atoms with Gasteiger partial charge in [-0.3, -0.25) is 0 Å². The van der Waals surface area contributed by atoms with E-state index in [1.54, 1.807) is 48.5 Å². The number of hydrogen-bond acceptors (Lipinski definition) is 7. The summed E-state index contributed by atoms with van der Waals surface area (Å²) in [7, 11) is 0. The largest absolute Gasteiger partial charge is 0.505 e. The molecule has 0 bridgehead atoms. The highest BCUT2D eigenvalue weighted by molar-refractivity contribution is 7.99. The molecular weight excluding hydrogens is 482 g/mol. The molecule has 0 unspecified atom stereocenters. The van der Waals surface area contributed by atoms with Gasteiger partial charge in [-0.05, 0) is 78.6 Å². The predicted molar refractivity (Wildman–Crippen MR) is 149 cm³/mol. The molecular formula is C30H29N3O3S. The normalized spacial score (nSPS) is 11.6. The third kappa shape index (κ3) is 6.57. The maximum absolute atomic E-state index is 12.2. The van der Waals surface area contributed by atoms with Crippen LogP contribution in [0.1, 0.15) is 42.3 Å². The minimum absolute atomic E-state index is 0.130. The zero-order valence-corrected chi connectivity index (χ0v) is 22.0. The van der Waals surface area contributed by atoms with E-state index in [0.29, 0.717) is 28.4 Å². The second kappa shape index (κ2) is 10.9. The number of nitrogen functional groups attached to an aromatic ring is 1. The number of rotatable bonds is 6. The lowest BCUT2D eigenvalue weighted by molar-refractivity contribution is 0.0734. The second-order valence-corrected chi connectivity index (χ2v) is 10.8. The van der Waals surface area contributed by atoms with Gasteiger partial charge in [-0.1, -0.05) is 56.8 Å².